The molecule has 0 spiro atoms. The topological polar surface area (TPSA) is 86.7 Å². The number of carbonyl (C=O) groups excluding carboxylic acids is 1. The van der Waals surface area contributed by atoms with Crippen molar-refractivity contribution in [2.75, 3.05) is 24.7 Å². The Bertz CT molecular complexity index is 936. The molecule has 2 amide bonds. The third-order valence-corrected chi connectivity index (χ3v) is 6.35. The van der Waals surface area contributed by atoms with Gasteiger partial charge in [0.15, 0.2) is 9.84 Å². The Hall–Kier alpha value is -2.38. The van der Waals surface area contributed by atoms with Gasteiger partial charge in [0, 0.05) is 19.3 Å². The van der Waals surface area contributed by atoms with Gasteiger partial charge in [0.05, 0.1) is 16.7 Å². The summed E-state index contributed by atoms with van der Waals surface area (Å²) in [5.41, 5.74) is 2.06. The number of sulfone groups is 1. The number of urea groups is 1. The highest BCUT2D eigenvalue weighted by atomic mass is 32.2. The van der Waals surface area contributed by atoms with Crippen molar-refractivity contribution in [3.8, 4) is 0 Å². The molecule has 6 nitrogen and oxygen atoms in total. The molecule has 28 heavy (non-hydrogen) atoms. The first-order chi connectivity index (χ1) is 13.3. The van der Waals surface area contributed by atoms with Gasteiger partial charge in [-0.05, 0) is 48.9 Å². The van der Waals surface area contributed by atoms with Crippen molar-refractivity contribution in [2.45, 2.75) is 30.8 Å². The number of nitrogens with one attached hydrogen (secondary N) is 1. The lowest BCUT2D eigenvalue weighted by molar-refractivity contribution is 0.0683. The zero-order valence-electron chi connectivity index (χ0n) is 16.1. The highest BCUT2D eigenvalue weighted by molar-refractivity contribution is 7.90. The predicted octanol–water partition coefficient (Wildman–Crippen LogP) is 3.38. The molecule has 2 N–H and O–H groups in total. The predicted molar refractivity (Wildman–Crippen MR) is 109 cm³/mol. The smallest absolute Gasteiger partial charge is 0.321 e. The van der Waals surface area contributed by atoms with Crippen molar-refractivity contribution in [3.63, 3.8) is 0 Å². The largest absolute Gasteiger partial charge is 0.388 e. The summed E-state index contributed by atoms with van der Waals surface area (Å²) >= 11 is 0. The second-order valence-electron chi connectivity index (χ2n) is 7.38. The minimum absolute atomic E-state index is 0.0944. The number of hydrogen-bond acceptors (Lipinski definition) is 4. The van der Waals surface area contributed by atoms with Crippen LogP contribution in [0.3, 0.4) is 0 Å². The Kier molecular flexibility index (Phi) is 6.05. The molecule has 1 heterocycles. The molecule has 1 aliphatic heterocycles. The van der Waals surface area contributed by atoms with Crippen LogP contribution in [0.1, 0.15) is 30.1 Å². The number of aliphatic hydroxyl groups is 1. The fourth-order valence-electron chi connectivity index (χ4n) is 3.60. The van der Waals surface area contributed by atoms with Crippen molar-refractivity contribution in [3.05, 3.63) is 59.7 Å². The number of anilines is 1. The first kappa shape index (κ1) is 20.4. The van der Waals surface area contributed by atoms with E-state index in [0.29, 0.717) is 31.6 Å². The molecule has 0 aromatic heterocycles. The highest BCUT2D eigenvalue weighted by Gasteiger charge is 2.28. The fraction of sp³-hybridized carbons (Fsp3) is 0.381. The molecule has 150 valence electrons. The van der Waals surface area contributed by atoms with E-state index in [4.69, 9.17) is 0 Å². The lowest BCUT2D eigenvalue weighted by Gasteiger charge is -2.34. The van der Waals surface area contributed by atoms with Crippen molar-refractivity contribution < 1.29 is 18.3 Å². The molecular formula is C21H26N2O4S. The van der Waals surface area contributed by atoms with Crippen LogP contribution in [0, 0.1) is 12.8 Å². The number of likely N-dealkylation sites (tertiary alicyclic amines) is 1. The van der Waals surface area contributed by atoms with E-state index >= 15 is 0 Å². The molecule has 1 fully saturated rings. The van der Waals surface area contributed by atoms with Gasteiger partial charge in [-0.15, -0.1) is 0 Å². The van der Waals surface area contributed by atoms with E-state index in [1.807, 2.05) is 37.3 Å². The second kappa shape index (κ2) is 8.32. The Balaban J connectivity index is 1.64. The summed E-state index contributed by atoms with van der Waals surface area (Å²) in [5, 5.41) is 13.3. The van der Waals surface area contributed by atoms with Gasteiger partial charge in [-0.25, -0.2) is 13.2 Å². The van der Waals surface area contributed by atoms with Gasteiger partial charge in [-0.2, -0.15) is 0 Å². The number of benzene rings is 2. The third kappa shape index (κ3) is 4.72. The van der Waals surface area contributed by atoms with E-state index in [2.05, 4.69) is 5.32 Å². The van der Waals surface area contributed by atoms with Crippen molar-refractivity contribution >= 4 is 21.6 Å². The first-order valence-corrected chi connectivity index (χ1v) is 11.2. The van der Waals surface area contributed by atoms with Crippen LogP contribution in [0.25, 0.3) is 0 Å². The van der Waals surface area contributed by atoms with E-state index in [1.165, 1.54) is 6.07 Å². The molecule has 7 heteroatoms. The van der Waals surface area contributed by atoms with Crippen LogP contribution in [-0.2, 0) is 9.84 Å². The van der Waals surface area contributed by atoms with Crippen LogP contribution in [0.2, 0.25) is 0 Å². The quantitative estimate of drug-likeness (QED) is 0.821. The molecule has 1 saturated heterocycles. The number of rotatable bonds is 4. The molecule has 0 radical (unpaired) electrons. The van der Waals surface area contributed by atoms with Gasteiger partial charge in [0.1, 0.15) is 0 Å². The van der Waals surface area contributed by atoms with Crippen molar-refractivity contribution in [1.82, 2.24) is 4.90 Å². The van der Waals surface area contributed by atoms with Crippen molar-refractivity contribution in [1.29, 1.82) is 0 Å². The summed E-state index contributed by atoms with van der Waals surface area (Å²) < 4.78 is 24.0. The van der Waals surface area contributed by atoms with Gasteiger partial charge < -0.3 is 15.3 Å². The number of hydrogen-bond donors (Lipinski definition) is 2. The molecule has 2 aromatic rings. The average Bonchev–Trinajstić information content (AvgIpc) is 2.67. The highest BCUT2D eigenvalue weighted by Crippen LogP contribution is 2.31. The number of carbonyl (C=O) groups is 1. The minimum Gasteiger partial charge on any atom is -0.388 e. The molecule has 2 aromatic carbocycles. The Morgan fingerprint density at radius 3 is 2.39 bits per heavy atom. The Morgan fingerprint density at radius 1 is 1.14 bits per heavy atom. The van der Waals surface area contributed by atoms with Crippen LogP contribution >= 0.6 is 0 Å². The fourth-order valence-corrected chi connectivity index (χ4v) is 4.42. The molecule has 0 unspecified atom stereocenters. The van der Waals surface area contributed by atoms with Gasteiger partial charge in [-0.3, -0.25) is 0 Å². The molecule has 1 atom stereocenters. The first-order valence-electron chi connectivity index (χ1n) is 9.35. The zero-order chi connectivity index (χ0) is 20.3. The number of amides is 2. The van der Waals surface area contributed by atoms with Crippen LogP contribution < -0.4 is 5.32 Å². The summed E-state index contributed by atoms with van der Waals surface area (Å²) in [6, 6.07) is 14.1. The van der Waals surface area contributed by atoms with E-state index in [0.717, 1.165) is 17.4 Å². The normalized spacial score (nSPS) is 16.6. The Morgan fingerprint density at radius 2 is 1.79 bits per heavy atom. The van der Waals surface area contributed by atoms with Crippen LogP contribution in [-0.4, -0.2) is 43.8 Å². The van der Waals surface area contributed by atoms with Crippen molar-refractivity contribution in [2.24, 2.45) is 5.92 Å². The van der Waals surface area contributed by atoms with Gasteiger partial charge >= 0.3 is 6.03 Å². The summed E-state index contributed by atoms with van der Waals surface area (Å²) in [7, 11) is -3.44. The van der Waals surface area contributed by atoms with Gasteiger partial charge in [-0.1, -0.05) is 36.4 Å². The Labute approximate surface area is 166 Å². The monoisotopic (exact) mass is 402 g/mol. The average molecular weight is 403 g/mol. The third-order valence-electron chi connectivity index (χ3n) is 5.19. The summed E-state index contributed by atoms with van der Waals surface area (Å²) in [4.78, 5) is 14.4. The maximum Gasteiger partial charge on any atom is 0.321 e. The molecule has 0 saturated carbocycles. The van der Waals surface area contributed by atoms with E-state index in [1.54, 1.807) is 17.0 Å². The standard InChI is InChI=1S/C21H26N2O4S/c1-15-8-9-19(28(2,26)27)18(14-15)22-21(25)23-12-10-17(11-13-23)20(24)16-6-4-3-5-7-16/h3-9,14,17,20,24H,10-13H2,1-2H3,(H,22,25)/t20-/m1/s1. The maximum absolute atomic E-state index is 12.7. The molecule has 1 aliphatic rings. The maximum atomic E-state index is 12.7. The van der Waals surface area contributed by atoms with Crippen LogP contribution in [0.4, 0.5) is 10.5 Å². The minimum atomic E-state index is -3.44. The number of nitrogens with zero attached hydrogens (tertiary/aromatic N) is 1. The molecular weight excluding hydrogens is 376 g/mol. The van der Waals surface area contributed by atoms with E-state index < -0.39 is 15.9 Å². The zero-order valence-corrected chi connectivity index (χ0v) is 16.9. The summed E-state index contributed by atoms with van der Waals surface area (Å²) in [6.07, 6.45) is 1.97. The number of aryl methyl sites for hydroxylation is 1. The lowest BCUT2D eigenvalue weighted by Crippen LogP contribution is -2.42. The SMILES string of the molecule is Cc1ccc(S(C)(=O)=O)c(NC(=O)N2CCC([C@H](O)c3ccccc3)CC2)c1. The van der Waals surface area contributed by atoms with Crippen LogP contribution in [0.15, 0.2) is 53.4 Å². The molecule has 0 aliphatic carbocycles. The van der Waals surface area contributed by atoms with Crippen LogP contribution in [0.5, 0.6) is 0 Å². The number of aliphatic hydroxyl groups excluding tert-OH is 1. The van der Waals surface area contributed by atoms with Gasteiger partial charge in [0.2, 0.25) is 0 Å². The summed E-state index contributed by atoms with van der Waals surface area (Å²) in [6.45, 7) is 2.87. The molecule has 3 rings (SSSR count). The lowest BCUT2D eigenvalue weighted by atomic mass is 9.87. The number of piperidine rings is 1. The second-order valence-corrected chi connectivity index (χ2v) is 9.37. The van der Waals surface area contributed by atoms with E-state index in [9.17, 15) is 18.3 Å². The van der Waals surface area contributed by atoms with Gasteiger partial charge in [0.25, 0.3) is 0 Å². The van der Waals surface area contributed by atoms with E-state index in [-0.39, 0.29) is 16.8 Å². The summed E-state index contributed by atoms with van der Waals surface area (Å²) in [5.74, 6) is 0.0944. The molecule has 0 bridgehead atoms.